The number of aliphatic carboxylic acids is 1. The van der Waals surface area contributed by atoms with Gasteiger partial charge in [-0.1, -0.05) is 78.7 Å². The van der Waals surface area contributed by atoms with Crippen molar-refractivity contribution in [3.8, 4) is 0 Å². The number of amides is 1. The second-order valence-corrected chi connectivity index (χ2v) is 15.2. The van der Waals surface area contributed by atoms with Crippen molar-refractivity contribution in [1.82, 2.24) is 4.90 Å². The van der Waals surface area contributed by atoms with Crippen molar-refractivity contribution >= 4 is 29.8 Å². The summed E-state index contributed by atoms with van der Waals surface area (Å²) in [5.74, 6) is -3.04. The van der Waals surface area contributed by atoms with Crippen molar-refractivity contribution in [2.45, 2.75) is 163 Å². The Bertz CT molecular complexity index is 1120. The minimum Gasteiger partial charge on any atom is -0.481 e. The van der Waals surface area contributed by atoms with Gasteiger partial charge in [0.1, 0.15) is 19.3 Å². The maximum Gasteiger partial charge on any atom is 0.333 e. The van der Waals surface area contributed by atoms with Crippen LogP contribution in [0.15, 0.2) is 12.2 Å². The van der Waals surface area contributed by atoms with E-state index in [0.29, 0.717) is 25.8 Å². The fourth-order valence-electron chi connectivity index (χ4n) is 7.00. The molecule has 288 valence electrons. The van der Waals surface area contributed by atoms with Gasteiger partial charge in [0.2, 0.25) is 5.91 Å². The number of carboxylic acid groups (broad SMARTS) is 1. The van der Waals surface area contributed by atoms with Crippen LogP contribution in [0.4, 0.5) is 0 Å². The van der Waals surface area contributed by atoms with Crippen molar-refractivity contribution in [2.24, 2.45) is 16.2 Å². The molecule has 0 aliphatic carbocycles. The molecule has 1 heterocycles. The van der Waals surface area contributed by atoms with Crippen molar-refractivity contribution in [1.29, 1.82) is 0 Å². The third kappa shape index (κ3) is 14.7. The minimum atomic E-state index is -1.50. The Labute approximate surface area is 300 Å². The smallest absolute Gasteiger partial charge is 0.333 e. The standard InChI is InChI=1S/C39H67NO10/c1-9-12-13-14-15-16-17-18-19-23-48-35(46)38(7,24-30(10-2)40-22-20-21-32(40)42)28-39(8,27-37(6,11-3)34(44)45)36(47)50-26-31(41)25-49-33(43)29(4)5/h30-31,41H,4,9-28H2,1-3,5-8H3,(H,44,45). The van der Waals surface area contributed by atoms with Gasteiger partial charge in [0, 0.05) is 24.6 Å². The number of hydrogen-bond donors (Lipinski definition) is 2. The Kier molecular flexibility index (Phi) is 19.9. The number of rotatable bonds is 27. The molecule has 0 aromatic carbocycles. The van der Waals surface area contributed by atoms with Crippen LogP contribution in [0.2, 0.25) is 0 Å². The van der Waals surface area contributed by atoms with Crippen molar-refractivity contribution in [3.63, 3.8) is 0 Å². The van der Waals surface area contributed by atoms with Crippen LogP contribution in [0.3, 0.4) is 0 Å². The summed E-state index contributed by atoms with van der Waals surface area (Å²) in [6, 6.07) is -0.280. The number of hydrogen-bond acceptors (Lipinski definition) is 9. The summed E-state index contributed by atoms with van der Waals surface area (Å²) in [6.07, 6.45) is 10.6. The molecule has 0 aromatic rings. The lowest BCUT2D eigenvalue weighted by molar-refractivity contribution is -0.171. The van der Waals surface area contributed by atoms with E-state index in [4.69, 9.17) is 14.2 Å². The Morgan fingerprint density at radius 1 is 0.820 bits per heavy atom. The number of nitrogens with zero attached hydrogens (tertiary/aromatic N) is 1. The number of aliphatic hydroxyl groups excluding tert-OH is 1. The molecule has 5 atom stereocenters. The van der Waals surface area contributed by atoms with Crippen LogP contribution < -0.4 is 0 Å². The van der Waals surface area contributed by atoms with E-state index < -0.39 is 59.4 Å². The lowest BCUT2D eigenvalue weighted by Gasteiger charge is -2.42. The summed E-state index contributed by atoms with van der Waals surface area (Å²) < 4.78 is 16.4. The molecule has 5 unspecified atom stereocenters. The van der Waals surface area contributed by atoms with E-state index in [1.165, 1.54) is 39.0 Å². The van der Waals surface area contributed by atoms with Crippen LogP contribution in [-0.2, 0) is 38.2 Å². The first-order valence-corrected chi connectivity index (χ1v) is 18.9. The molecule has 1 aliphatic heterocycles. The quantitative estimate of drug-likeness (QED) is 0.0388. The van der Waals surface area contributed by atoms with E-state index in [9.17, 15) is 34.2 Å². The molecular formula is C39H67NO10. The first kappa shape index (κ1) is 45.1. The summed E-state index contributed by atoms with van der Waals surface area (Å²) >= 11 is 0. The molecule has 1 amide bonds. The van der Waals surface area contributed by atoms with Gasteiger partial charge in [0.05, 0.1) is 22.9 Å². The molecule has 0 spiro atoms. The van der Waals surface area contributed by atoms with Gasteiger partial charge >= 0.3 is 23.9 Å². The molecule has 1 fully saturated rings. The second kappa shape index (κ2) is 22.1. The number of ether oxygens (including phenoxy) is 3. The lowest BCUT2D eigenvalue weighted by atomic mass is 9.63. The van der Waals surface area contributed by atoms with E-state index in [0.717, 1.165) is 25.7 Å². The molecule has 11 nitrogen and oxygen atoms in total. The fraction of sp³-hybridized carbons (Fsp3) is 0.821. The summed E-state index contributed by atoms with van der Waals surface area (Å²) in [6.45, 7) is 15.6. The number of unbranched alkanes of at least 4 members (excludes halogenated alkanes) is 8. The number of carbonyl (C=O) groups excluding carboxylic acids is 4. The Hall–Kier alpha value is -2.95. The van der Waals surface area contributed by atoms with E-state index >= 15 is 0 Å². The molecule has 0 radical (unpaired) electrons. The topological polar surface area (TPSA) is 157 Å². The van der Waals surface area contributed by atoms with Crippen LogP contribution in [0, 0.1) is 16.2 Å². The third-order valence-corrected chi connectivity index (χ3v) is 10.2. The zero-order chi connectivity index (χ0) is 38.0. The normalized spacial score (nSPS) is 17.9. The minimum absolute atomic E-state index is 0.0233. The van der Waals surface area contributed by atoms with Gasteiger partial charge < -0.3 is 29.3 Å². The Morgan fingerprint density at radius 3 is 1.86 bits per heavy atom. The number of likely N-dealkylation sites (tertiary alicyclic amines) is 1. The highest BCUT2D eigenvalue weighted by molar-refractivity contribution is 5.87. The molecule has 1 rings (SSSR count). The van der Waals surface area contributed by atoms with Crippen LogP contribution in [0.5, 0.6) is 0 Å². The summed E-state index contributed by atoms with van der Waals surface area (Å²) in [5, 5.41) is 20.6. The van der Waals surface area contributed by atoms with Crippen LogP contribution >= 0.6 is 0 Å². The fourth-order valence-corrected chi connectivity index (χ4v) is 7.00. The van der Waals surface area contributed by atoms with E-state index in [2.05, 4.69) is 13.5 Å². The predicted octanol–water partition coefficient (Wildman–Crippen LogP) is 7.17. The maximum absolute atomic E-state index is 14.1. The van der Waals surface area contributed by atoms with Gasteiger partial charge in [-0.05, 0) is 72.6 Å². The van der Waals surface area contributed by atoms with Gasteiger partial charge in [-0.2, -0.15) is 0 Å². The largest absolute Gasteiger partial charge is 0.481 e. The maximum atomic E-state index is 14.1. The van der Waals surface area contributed by atoms with E-state index in [1.807, 2.05) is 6.92 Å². The first-order valence-electron chi connectivity index (χ1n) is 18.9. The zero-order valence-corrected chi connectivity index (χ0v) is 32.1. The summed E-state index contributed by atoms with van der Waals surface area (Å²) in [5.41, 5.74) is -3.96. The van der Waals surface area contributed by atoms with Crippen molar-refractivity contribution in [2.75, 3.05) is 26.4 Å². The summed E-state index contributed by atoms with van der Waals surface area (Å²) in [7, 11) is 0. The zero-order valence-electron chi connectivity index (χ0n) is 32.1. The molecule has 1 aliphatic rings. The highest BCUT2D eigenvalue weighted by Gasteiger charge is 2.52. The number of carboxylic acids is 1. The first-order chi connectivity index (χ1) is 23.5. The molecule has 0 saturated carbocycles. The molecule has 1 saturated heterocycles. The number of aliphatic hydroxyl groups is 1. The van der Waals surface area contributed by atoms with Crippen LogP contribution in [0.25, 0.3) is 0 Å². The third-order valence-electron chi connectivity index (χ3n) is 10.2. The average molecular weight is 710 g/mol. The van der Waals surface area contributed by atoms with Gasteiger partial charge in [0.15, 0.2) is 0 Å². The number of esters is 3. The van der Waals surface area contributed by atoms with E-state index in [1.54, 1.807) is 32.6 Å². The van der Waals surface area contributed by atoms with Gasteiger partial charge in [-0.15, -0.1) is 0 Å². The highest BCUT2D eigenvalue weighted by Crippen LogP contribution is 2.48. The van der Waals surface area contributed by atoms with Crippen molar-refractivity contribution in [3.05, 3.63) is 12.2 Å². The molecule has 11 heteroatoms. The monoisotopic (exact) mass is 709 g/mol. The molecule has 0 bridgehead atoms. The van der Waals surface area contributed by atoms with Gasteiger partial charge in [0.25, 0.3) is 0 Å². The van der Waals surface area contributed by atoms with E-state index in [-0.39, 0.29) is 49.8 Å². The van der Waals surface area contributed by atoms with Crippen molar-refractivity contribution < 1.29 is 48.4 Å². The Balaban J connectivity index is 3.28. The van der Waals surface area contributed by atoms with Crippen LogP contribution in [0.1, 0.15) is 151 Å². The lowest BCUT2D eigenvalue weighted by Crippen LogP contribution is -2.48. The van der Waals surface area contributed by atoms with Crippen LogP contribution in [-0.4, -0.2) is 83.4 Å². The highest BCUT2D eigenvalue weighted by atomic mass is 16.6. The van der Waals surface area contributed by atoms with Gasteiger partial charge in [-0.25, -0.2) is 4.79 Å². The predicted molar refractivity (Wildman–Crippen MR) is 192 cm³/mol. The molecule has 2 N–H and O–H groups in total. The second-order valence-electron chi connectivity index (χ2n) is 15.2. The molecular weight excluding hydrogens is 642 g/mol. The molecule has 50 heavy (non-hydrogen) atoms. The Morgan fingerprint density at radius 2 is 1.36 bits per heavy atom. The molecule has 0 aromatic heterocycles. The summed E-state index contributed by atoms with van der Waals surface area (Å²) in [4.78, 5) is 66.9. The SMILES string of the molecule is C=C(C)C(=O)OCC(O)COC(=O)C(C)(CC(C)(CC)C(=O)O)CC(C)(CC(CC)N1CCCC1=O)C(=O)OCCCCCCCCCCC. The average Bonchev–Trinajstić information content (AvgIpc) is 3.50. The van der Waals surface area contributed by atoms with Gasteiger partial charge in [-0.3, -0.25) is 19.2 Å². The number of carbonyl (C=O) groups is 5.